The molecule has 4 nitrogen and oxygen atoms in total. The summed E-state index contributed by atoms with van der Waals surface area (Å²) in [6, 6.07) is 11.0. The highest BCUT2D eigenvalue weighted by Crippen LogP contribution is 2.33. The normalized spacial score (nSPS) is 17.2. The fourth-order valence-electron chi connectivity index (χ4n) is 2.81. The zero-order valence-electron chi connectivity index (χ0n) is 11.9. The lowest BCUT2D eigenvalue weighted by atomic mass is 10.0. The molecule has 0 spiro atoms. The molecule has 0 amide bonds. The van der Waals surface area contributed by atoms with E-state index in [-0.39, 0.29) is 0 Å². The van der Waals surface area contributed by atoms with Crippen molar-refractivity contribution in [1.82, 2.24) is 20.2 Å². The van der Waals surface area contributed by atoms with Gasteiger partial charge in [0, 0.05) is 11.7 Å². The van der Waals surface area contributed by atoms with Crippen LogP contribution in [0.2, 0.25) is 0 Å². The van der Waals surface area contributed by atoms with Crippen molar-refractivity contribution in [2.24, 2.45) is 0 Å². The highest BCUT2D eigenvalue weighted by molar-refractivity contribution is 7.99. The van der Waals surface area contributed by atoms with Crippen molar-refractivity contribution >= 4 is 24.4 Å². The first-order valence-corrected chi connectivity index (χ1v) is 9.06. The van der Waals surface area contributed by atoms with E-state index in [1.54, 1.807) is 11.8 Å². The van der Waals surface area contributed by atoms with Crippen LogP contribution in [0.1, 0.15) is 43.2 Å². The number of aromatic nitrogens is 4. The molecule has 0 aliphatic heterocycles. The zero-order chi connectivity index (χ0) is 14.5. The molecule has 0 radical (unpaired) electrons. The second-order valence-electron chi connectivity index (χ2n) is 5.45. The van der Waals surface area contributed by atoms with Crippen molar-refractivity contribution in [2.45, 2.75) is 42.8 Å². The Bertz CT molecular complexity index is 552. The highest BCUT2D eigenvalue weighted by Gasteiger charge is 2.22. The van der Waals surface area contributed by atoms with E-state index in [0.717, 1.165) is 16.7 Å². The van der Waals surface area contributed by atoms with Gasteiger partial charge in [-0.2, -0.15) is 12.6 Å². The van der Waals surface area contributed by atoms with Gasteiger partial charge in [0.05, 0.1) is 6.04 Å². The van der Waals surface area contributed by atoms with Gasteiger partial charge in [-0.1, -0.05) is 54.9 Å². The van der Waals surface area contributed by atoms with E-state index < -0.39 is 0 Å². The van der Waals surface area contributed by atoms with Crippen LogP contribution in [0.3, 0.4) is 0 Å². The minimum Gasteiger partial charge on any atom is -0.217 e. The molecule has 1 fully saturated rings. The van der Waals surface area contributed by atoms with Crippen LogP contribution in [0.4, 0.5) is 0 Å². The smallest absolute Gasteiger partial charge is 0.209 e. The lowest BCUT2D eigenvalue weighted by Crippen LogP contribution is -2.10. The minimum absolute atomic E-state index is 0.424. The van der Waals surface area contributed by atoms with Crippen LogP contribution in [-0.2, 0) is 0 Å². The molecule has 1 aliphatic rings. The van der Waals surface area contributed by atoms with E-state index in [4.69, 9.17) is 0 Å². The Kier molecular flexibility index (Phi) is 5.19. The van der Waals surface area contributed by atoms with Crippen LogP contribution in [0.5, 0.6) is 0 Å². The predicted octanol–water partition coefficient (Wildman–Crippen LogP) is 3.59. The van der Waals surface area contributed by atoms with Crippen molar-refractivity contribution < 1.29 is 0 Å². The maximum absolute atomic E-state index is 4.50. The number of thiol groups is 1. The summed E-state index contributed by atoms with van der Waals surface area (Å²) in [6.07, 6.45) is 4.98. The molecule has 6 heteroatoms. The Balaban J connectivity index is 1.65. The molecule has 2 aromatic rings. The summed E-state index contributed by atoms with van der Waals surface area (Å²) in [6.45, 7) is 0. The van der Waals surface area contributed by atoms with Crippen molar-refractivity contribution in [3.05, 3.63) is 35.9 Å². The SMILES string of the molecule is SCC(CSc1nnnn1C1CCCC1)c1ccccc1. The van der Waals surface area contributed by atoms with E-state index in [1.165, 1.54) is 31.2 Å². The van der Waals surface area contributed by atoms with Gasteiger partial charge >= 0.3 is 0 Å². The first-order chi connectivity index (χ1) is 10.4. The number of benzene rings is 1. The van der Waals surface area contributed by atoms with E-state index in [0.29, 0.717) is 12.0 Å². The summed E-state index contributed by atoms with van der Waals surface area (Å²) in [5.74, 6) is 2.22. The third-order valence-corrected chi connectivity index (χ3v) is 5.57. The van der Waals surface area contributed by atoms with E-state index in [2.05, 4.69) is 52.4 Å². The third-order valence-electron chi connectivity index (χ3n) is 4.04. The summed E-state index contributed by atoms with van der Waals surface area (Å²) in [4.78, 5) is 0. The number of nitrogens with zero attached hydrogens (tertiary/aromatic N) is 4. The van der Waals surface area contributed by atoms with Gasteiger partial charge in [0.25, 0.3) is 0 Å². The molecular weight excluding hydrogens is 300 g/mol. The zero-order valence-corrected chi connectivity index (χ0v) is 13.6. The van der Waals surface area contributed by atoms with Crippen LogP contribution in [0.25, 0.3) is 0 Å². The average Bonchev–Trinajstić information content (AvgIpc) is 3.20. The molecule has 1 saturated carbocycles. The Hall–Kier alpha value is -1.01. The van der Waals surface area contributed by atoms with Gasteiger partial charge in [0.15, 0.2) is 0 Å². The van der Waals surface area contributed by atoms with Gasteiger partial charge in [-0.05, 0) is 34.6 Å². The maximum atomic E-state index is 4.50. The Morgan fingerprint density at radius 2 is 2.00 bits per heavy atom. The minimum atomic E-state index is 0.424. The molecule has 0 saturated heterocycles. The Morgan fingerprint density at radius 1 is 1.24 bits per heavy atom. The summed E-state index contributed by atoms with van der Waals surface area (Å²) in [7, 11) is 0. The van der Waals surface area contributed by atoms with Gasteiger partial charge in [-0.25, -0.2) is 4.68 Å². The maximum Gasteiger partial charge on any atom is 0.209 e. The standard InChI is InChI=1S/C15H20N4S2/c20-10-13(12-6-2-1-3-7-12)11-21-15-16-17-18-19(15)14-8-4-5-9-14/h1-3,6-7,13-14,20H,4-5,8-11H2. The van der Waals surface area contributed by atoms with E-state index in [1.807, 2.05) is 10.7 Å². The number of hydrogen-bond acceptors (Lipinski definition) is 5. The van der Waals surface area contributed by atoms with Crippen molar-refractivity contribution in [1.29, 1.82) is 0 Å². The van der Waals surface area contributed by atoms with Crippen LogP contribution >= 0.6 is 24.4 Å². The van der Waals surface area contributed by atoms with Gasteiger partial charge < -0.3 is 0 Å². The van der Waals surface area contributed by atoms with Crippen LogP contribution in [0, 0.1) is 0 Å². The van der Waals surface area contributed by atoms with E-state index >= 15 is 0 Å². The third kappa shape index (κ3) is 3.61. The van der Waals surface area contributed by atoms with Gasteiger partial charge in [-0.15, -0.1) is 5.10 Å². The summed E-state index contributed by atoms with van der Waals surface area (Å²) < 4.78 is 2.03. The molecule has 112 valence electrons. The highest BCUT2D eigenvalue weighted by atomic mass is 32.2. The quantitative estimate of drug-likeness (QED) is 0.652. The van der Waals surface area contributed by atoms with E-state index in [9.17, 15) is 0 Å². The van der Waals surface area contributed by atoms with Crippen LogP contribution in [0.15, 0.2) is 35.5 Å². The molecule has 1 aliphatic carbocycles. The molecular formula is C15H20N4S2. The topological polar surface area (TPSA) is 43.6 Å². The molecule has 1 heterocycles. The summed E-state index contributed by atoms with van der Waals surface area (Å²) in [5.41, 5.74) is 1.33. The molecule has 1 unspecified atom stereocenters. The fourth-order valence-corrected chi connectivity index (χ4v) is 4.40. The fraction of sp³-hybridized carbons (Fsp3) is 0.533. The molecule has 0 N–H and O–H groups in total. The average molecular weight is 320 g/mol. The molecule has 1 aromatic carbocycles. The molecule has 3 rings (SSSR count). The first kappa shape index (κ1) is 14.9. The largest absolute Gasteiger partial charge is 0.217 e. The number of rotatable bonds is 6. The number of thioether (sulfide) groups is 1. The van der Waals surface area contributed by atoms with Gasteiger partial charge in [0.2, 0.25) is 5.16 Å². The number of hydrogen-bond donors (Lipinski definition) is 1. The predicted molar refractivity (Wildman–Crippen MR) is 89.1 cm³/mol. The van der Waals surface area contributed by atoms with Crippen molar-refractivity contribution in [2.75, 3.05) is 11.5 Å². The summed E-state index contributed by atoms with van der Waals surface area (Å²) >= 11 is 6.25. The molecule has 0 bridgehead atoms. The summed E-state index contributed by atoms with van der Waals surface area (Å²) in [5, 5.41) is 13.2. The lowest BCUT2D eigenvalue weighted by molar-refractivity contribution is 0.423. The molecule has 1 aromatic heterocycles. The van der Waals surface area contributed by atoms with Crippen LogP contribution < -0.4 is 0 Å². The number of tetrazole rings is 1. The molecule has 21 heavy (non-hydrogen) atoms. The van der Waals surface area contributed by atoms with Gasteiger partial charge in [0.1, 0.15) is 0 Å². The van der Waals surface area contributed by atoms with Gasteiger partial charge in [-0.3, -0.25) is 0 Å². The first-order valence-electron chi connectivity index (χ1n) is 7.45. The second-order valence-corrected chi connectivity index (χ2v) is 6.80. The van der Waals surface area contributed by atoms with Crippen LogP contribution in [-0.4, -0.2) is 31.7 Å². The molecule has 1 atom stereocenters. The Labute approximate surface area is 135 Å². The Morgan fingerprint density at radius 3 is 2.71 bits per heavy atom. The monoisotopic (exact) mass is 320 g/mol. The second kappa shape index (κ2) is 7.31. The van der Waals surface area contributed by atoms with Crippen molar-refractivity contribution in [3.8, 4) is 0 Å². The van der Waals surface area contributed by atoms with Crippen molar-refractivity contribution in [3.63, 3.8) is 0 Å². The lowest BCUT2D eigenvalue weighted by Gasteiger charge is -2.15.